The van der Waals surface area contributed by atoms with Crippen LogP contribution in [0.15, 0.2) is 9.98 Å². The van der Waals surface area contributed by atoms with Crippen molar-refractivity contribution in [1.29, 1.82) is 0 Å². The maximum atomic E-state index is 13.2. The molecule has 0 rings (SSSR count). The van der Waals surface area contributed by atoms with Gasteiger partial charge in [-0.3, -0.25) is 24.4 Å². The second-order valence-corrected chi connectivity index (χ2v) is 10.7. The molecule has 0 aromatic rings. The molecular weight excluding hydrogens is 530 g/mol. The molecule has 0 bridgehead atoms. The van der Waals surface area contributed by atoms with Crippen LogP contribution in [-0.2, 0) is 19.1 Å². The van der Waals surface area contributed by atoms with E-state index in [1.54, 1.807) is 20.8 Å². The van der Waals surface area contributed by atoms with Crippen LogP contribution in [0.25, 0.3) is 0 Å². The first kappa shape index (κ1) is 35.7. The highest BCUT2D eigenvalue weighted by Crippen LogP contribution is 2.11. The SMILES string of the molecule is CC(C)C[C@H](NC(=O)OC(C)(C)C)C(=O)N[C@@H](CCCN=C(N)N)C(=O)N[C@@H](CCCN=C(N)N)C(=O)CCl. The lowest BCUT2D eigenvalue weighted by Crippen LogP contribution is -2.56. The minimum absolute atomic E-state index is 0.0424. The van der Waals surface area contributed by atoms with Gasteiger partial charge in [0, 0.05) is 13.1 Å². The fourth-order valence-corrected chi connectivity index (χ4v) is 3.57. The molecule has 0 aliphatic heterocycles. The summed E-state index contributed by atoms with van der Waals surface area (Å²) in [5, 5.41) is 7.94. The van der Waals surface area contributed by atoms with Gasteiger partial charge in [0.25, 0.3) is 0 Å². The molecule has 3 atom stereocenters. The minimum Gasteiger partial charge on any atom is -0.444 e. The highest BCUT2D eigenvalue weighted by atomic mass is 35.5. The highest BCUT2D eigenvalue weighted by molar-refractivity contribution is 6.28. The van der Waals surface area contributed by atoms with E-state index in [0.29, 0.717) is 19.3 Å². The van der Waals surface area contributed by atoms with E-state index in [9.17, 15) is 19.2 Å². The second-order valence-electron chi connectivity index (χ2n) is 10.4. The molecule has 0 fully saturated rings. The van der Waals surface area contributed by atoms with Gasteiger partial charge in [0.05, 0.1) is 11.9 Å². The van der Waals surface area contributed by atoms with E-state index in [-0.39, 0.29) is 49.6 Å². The van der Waals surface area contributed by atoms with E-state index in [4.69, 9.17) is 39.3 Å². The van der Waals surface area contributed by atoms with Crippen molar-refractivity contribution >= 4 is 47.2 Å². The van der Waals surface area contributed by atoms with Crippen LogP contribution in [0.5, 0.6) is 0 Å². The summed E-state index contributed by atoms with van der Waals surface area (Å²) in [6.07, 6.45) is 0.688. The van der Waals surface area contributed by atoms with Gasteiger partial charge in [0.2, 0.25) is 11.8 Å². The highest BCUT2D eigenvalue weighted by Gasteiger charge is 2.30. The molecule has 0 saturated carbocycles. The van der Waals surface area contributed by atoms with E-state index in [0.717, 1.165) is 0 Å². The predicted octanol–water partition coefficient (Wildman–Crippen LogP) is -0.189. The number of Topliss-reactive ketones (excluding diaryl/α,β-unsaturated/α-hetero) is 1. The first-order valence-corrected chi connectivity index (χ1v) is 13.4. The average molecular weight is 576 g/mol. The number of hydrogen-bond acceptors (Lipinski definition) is 7. The molecule has 0 aromatic carbocycles. The zero-order valence-corrected chi connectivity index (χ0v) is 24.3. The molecule has 39 heavy (non-hydrogen) atoms. The number of amides is 3. The quantitative estimate of drug-likeness (QED) is 0.0525. The van der Waals surface area contributed by atoms with Crippen molar-refractivity contribution in [3.05, 3.63) is 0 Å². The Kier molecular flexibility index (Phi) is 16.6. The van der Waals surface area contributed by atoms with Crippen LogP contribution in [0.3, 0.4) is 0 Å². The molecule has 0 saturated heterocycles. The van der Waals surface area contributed by atoms with Crippen molar-refractivity contribution in [2.45, 2.75) is 90.4 Å². The van der Waals surface area contributed by atoms with Gasteiger partial charge >= 0.3 is 6.09 Å². The number of alkyl carbamates (subject to hydrolysis) is 1. The Morgan fingerprint density at radius 2 is 1.26 bits per heavy atom. The number of aliphatic imine (C=N–C) groups is 2. The fraction of sp³-hybridized carbons (Fsp3) is 0.750. The number of guanidine groups is 2. The molecule has 0 aliphatic rings. The van der Waals surface area contributed by atoms with Gasteiger partial charge in [-0.1, -0.05) is 13.8 Å². The number of ether oxygens (including phenoxy) is 1. The van der Waals surface area contributed by atoms with Gasteiger partial charge < -0.3 is 43.6 Å². The zero-order valence-electron chi connectivity index (χ0n) is 23.6. The molecule has 0 aromatic heterocycles. The standard InChI is InChI=1S/C24H46ClN9O5/c1-14(2)12-17(34-23(38)39-24(3,4)5)20(37)33-16(9-7-11-31-22(28)29)19(36)32-15(18(35)13-25)8-6-10-30-21(26)27/h14-17H,6-13H2,1-5H3,(H,32,36)(H,33,37)(H,34,38)(H4,26,27,30)(H4,28,29,31)/t15-,16-,17-/m0/s1. The van der Waals surface area contributed by atoms with Gasteiger partial charge in [-0.05, 0) is 58.8 Å². The smallest absolute Gasteiger partial charge is 0.408 e. The lowest BCUT2D eigenvalue weighted by atomic mass is 10.0. The van der Waals surface area contributed by atoms with E-state index < -0.39 is 47.4 Å². The van der Waals surface area contributed by atoms with Crippen LogP contribution < -0.4 is 38.9 Å². The van der Waals surface area contributed by atoms with Gasteiger partial charge in [-0.15, -0.1) is 11.6 Å². The summed E-state index contributed by atoms with van der Waals surface area (Å²) >= 11 is 5.74. The lowest BCUT2D eigenvalue weighted by Gasteiger charge is -2.27. The molecule has 0 spiro atoms. The zero-order chi connectivity index (χ0) is 30.2. The van der Waals surface area contributed by atoms with Crippen molar-refractivity contribution < 1.29 is 23.9 Å². The van der Waals surface area contributed by atoms with E-state index >= 15 is 0 Å². The summed E-state index contributed by atoms with van der Waals surface area (Å²) in [4.78, 5) is 59.0. The summed E-state index contributed by atoms with van der Waals surface area (Å²) in [7, 11) is 0. The van der Waals surface area contributed by atoms with Crippen molar-refractivity contribution in [3.63, 3.8) is 0 Å². The first-order chi connectivity index (χ1) is 18.0. The number of nitrogens with two attached hydrogens (primary N) is 4. The van der Waals surface area contributed by atoms with Crippen molar-refractivity contribution in [2.24, 2.45) is 38.8 Å². The van der Waals surface area contributed by atoms with E-state index in [2.05, 4.69) is 25.9 Å². The third kappa shape index (κ3) is 17.8. The topological polar surface area (TPSA) is 242 Å². The number of ketones is 1. The average Bonchev–Trinajstić information content (AvgIpc) is 2.79. The molecule has 0 radical (unpaired) electrons. The number of halogens is 1. The predicted molar refractivity (Wildman–Crippen MR) is 152 cm³/mol. The molecule has 11 N–H and O–H groups in total. The van der Waals surface area contributed by atoms with Crippen molar-refractivity contribution in [3.8, 4) is 0 Å². The van der Waals surface area contributed by atoms with Gasteiger partial charge in [0.15, 0.2) is 17.7 Å². The Morgan fingerprint density at radius 3 is 1.69 bits per heavy atom. The summed E-state index contributed by atoms with van der Waals surface area (Å²) in [6, 6.07) is -2.93. The molecule has 15 heteroatoms. The van der Waals surface area contributed by atoms with Crippen LogP contribution in [0.1, 0.15) is 66.7 Å². The molecule has 14 nitrogen and oxygen atoms in total. The third-order valence-corrected chi connectivity index (χ3v) is 5.34. The summed E-state index contributed by atoms with van der Waals surface area (Å²) < 4.78 is 5.28. The molecule has 3 amide bonds. The monoisotopic (exact) mass is 575 g/mol. The normalized spacial score (nSPS) is 13.4. The van der Waals surface area contributed by atoms with Crippen molar-refractivity contribution in [2.75, 3.05) is 19.0 Å². The van der Waals surface area contributed by atoms with Crippen molar-refractivity contribution in [1.82, 2.24) is 16.0 Å². The summed E-state index contributed by atoms with van der Waals surface area (Å²) in [6.45, 7) is 9.37. The molecule has 0 heterocycles. The number of nitrogens with zero attached hydrogens (tertiary/aromatic N) is 2. The van der Waals surface area contributed by atoms with E-state index in [1.807, 2.05) is 13.8 Å². The number of alkyl halides is 1. The molecule has 224 valence electrons. The molecule has 0 unspecified atom stereocenters. The van der Waals surface area contributed by atoms with Gasteiger partial charge in [-0.25, -0.2) is 4.79 Å². The number of carbonyl (C=O) groups is 4. The third-order valence-electron chi connectivity index (χ3n) is 5.07. The first-order valence-electron chi connectivity index (χ1n) is 12.8. The second kappa shape index (κ2) is 18.1. The number of rotatable bonds is 17. The van der Waals surface area contributed by atoms with Gasteiger partial charge in [-0.2, -0.15) is 0 Å². The summed E-state index contributed by atoms with van der Waals surface area (Å²) in [5.41, 5.74) is 20.6. The van der Waals surface area contributed by atoms with Crippen LogP contribution in [0, 0.1) is 5.92 Å². The Balaban J connectivity index is 5.71. The molecular formula is C24H46ClN9O5. The lowest BCUT2D eigenvalue weighted by molar-refractivity contribution is -0.132. The van der Waals surface area contributed by atoms with Crippen LogP contribution in [-0.4, -0.2) is 78.3 Å². The number of nitrogens with one attached hydrogen (secondary N) is 3. The van der Waals surface area contributed by atoms with Crippen LogP contribution in [0.4, 0.5) is 4.79 Å². The number of hydrogen-bond donors (Lipinski definition) is 7. The Labute approximate surface area is 235 Å². The summed E-state index contributed by atoms with van der Waals surface area (Å²) in [5.74, 6) is -2.04. The van der Waals surface area contributed by atoms with Crippen LogP contribution in [0.2, 0.25) is 0 Å². The van der Waals surface area contributed by atoms with Crippen LogP contribution >= 0.6 is 11.6 Å². The Hall–Kier alpha value is -3.29. The number of carbonyl (C=O) groups excluding carboxylic acids is 4. The Bertz CT molecular complexity index is 867. The largest absolute Gasteiger partial charge is 0.444 e. The minimum atomic E-state index is -1.05. The Morgan fingerprint density at radius 1 is 0.795 bits per heavy atom. The maximum Gasteiger partial charge on any atom is 0.408 e. The maximum absolute atomic E-state index is 13.2. The fourth-order valence-electron chi connectivity index (χ4n) is 3.38. The van der Waals surface area contributed by atoms with E-state index in [1.165, 1.54) is 0 Å². The molecule has 0 aliphatic carbocycles. The van der Waals surface area contributed by atoms with Gasteiger partial charge in [0.1, 0.15) is 17.7 Å².